The van der Waals surface area contributed by atoms with Crippen molar-refractivity contribution in [3.63, 3.8) is 0 Å². The number of fused-ring (bicyclic) bond motifs is 1. The van der Waals surface area contributed by atoms with E-state index in [0.717, 1.165) is 21.9 Å². The van der Waals surface area contributed by atoms with Gasteiger partial charge >= 0.3 is 0 Å². The molecule has 3 nitrogen and oxygen atoms in total. The predicted molar refractivity (Wildman–Crippen MR) is 104 cm³/mol. The minimum atomic E-state index is 0.288. The van der Waals surface area contributed by atoms with E-state index in [0.29, 0.717) is 11.1 Å². The highest BCUT2D eigenvalue weighted by Gasteiger charge is 2.47. The van der Waals surface area contributed by atoms with Gasteiger partial charge in [-0.15, -0.1) is 0 Å². The predicted octanol–water partition coefficient (Wildman–Crippen LogP) is 6.08. The molecule has 2 heterocycles. The van der Waals surface area contributed by atoms with Crippen LogP contribution >= 0.6 is 11.8 Å². The molecular weight excluding hydrogens is 328 g/mol. The summed E-state index contributed by atoms with van der Waals surface area (Å²) in [6.45, 7) is 7.09. The van der Waals surface area contributed by atoms with Crippen LogP contribution in [0.4, 0.5) is 0 Å². The fourth-order valence-corrected chi connectivity index (χ4v) is 4.34. The van der Waals surface area contributed by atoms with E-state index >= 15 is 0 Å². The maximum atomic E-state index is 5.97. The standard InChI is InChI=1S/C21H24N2OS/c1-20(2,3)21(10-5-11-21)16-8-6-14(7-9-16)17-12-15-13-22-19(25-4)23-18(15)24-17/h6-9,12-13H,5,10-11H2,1-4H3. The molecule has 0 atom stereocenters. The van der Waals surface area contributed by atoms with Gasteiger partial charge in [0, 0.05) is 17.2 Å². The molecule has 1 saturated carbocycles. The lowest BCUT2D eigenvalue weighted by molar-refractivity contribution is 0.0852. The molecule has 0 unspecified atom stereocenters. The van der Waals surface area contributed by atoms with Gasteiger partial charge in [-0.05, 0) is 36.1 Å². The first-order valence-corrected chi connectivity index (χ1v) is 10.1. The van der Waals surface area contributed by atoms with Crippen LogP contribution in [0.25, 0.3) is 22.4 Å². The summed E-state index contributed by atoms with van der Waals surface area (Å²) in [5.41, 5.74) is 3.81. The van der Waals surface area contributed by atoms with Gasteiger partial charge in [0.1, 0.15) is 5.76 Å². The molecule has 1 aliphatic carbocycles. The molecule has 0 amide bonds. The molecule has 1 aromatic carbocycles. The van der Waals surface area contributed by atoms with E-state index < -0.39 is 0 Å². The average molecular weight is 353 g/mol. The monoisotopic (exact) mass is 352 g/mol. The quantitative estimate of drug-likeness (QED) is 0.423. The molecule has 1 aliphatic rings. The van der Waals surface area contributed by atoms with E-state index in [1.54, 1.807) is 0 Å². The van der Waals surface area contributed by atoms with Gasteiger partial charge in [0.25, 0.3) is 0 Å². The van der Waals surface area contributed by atoms with Crippen LogP contribution in [0.15, 0.2) is 46.1 Å². The molecule has 0 bridgehead atoms. The first-order chi connectivity index (χ1) is 11.9. The molecule has 25 heavy (non-hydrogen) atoms. The summed E-state index contributed by atoms with van der Waals surface area (Å²) in [5, 5.41) is 1.68. The Morgan fingerprint density at radius 1 is 1.12 bits per heavy atom. The van der Waals surface area contributed by atoms with Crippen molar-refractivity contribution < 1.29 is 4.42 Å². The minimum absolute atomic E-state index is 0.288. The topological polar surface area (TPSA) is 38.9 Å². The fourth-order valence-electron chi connectivity index (χ4n) is 4.01. The van der Waals surface area contributed by atoms with Crippen molar-refractivity contribution in [1.29, 1.82) is 0 Å². The summed E-state index contributed by atoms with van der Waals surface area (Å²) in [6, 6.07) is 11.0. The van der Waals surface area contributed by atoms with Gasteiger partial charge in [-0.1, -0.05) is 63.2 Å². The Morgan fingerprint density at radius 2 is 1.84 bits per heavy atom. The summed E-state index contributed by atoms with van der Waals surface area (Å²) in [4.78, 5) is 8.75. The molecule has 3 aromatic rings. The van der Waals surface area contributed by atoms with Crippen molar-refractivity contribution in [2.75, 3.05) is 6.26 Å². The largest absolute Gasteiger partial charge is 0.438 e. The molecule has 4 rings (SSSR count). The molecule has 0 saturated heterocycles. The van der Waals surface area contributed by atoms with Crippen LogP contribution in [0, 0.1) is 5.41 Å². The molecular formula is C21H24N2OS. The Balaban J connectivity index is 1.68. The average Bonchev–Trinajstić information content (AvgIpc) is 2.96. The molecule has 0 N–H and O–H groups in total. The number of hydrogen-bond donors (Lipinski definition) is 0. The summed E-state index contributed by atoms with van der Waals surface area (Å²) in [5.74, 6) is 0.854. The SMILES string of the molecule is CSc1ncc2cc(-c3ccc(C4(C(C)(C)C)CCC4)cc3)oc2n1. The zero-order chi connectivity index (χ0) is 17.7. The van der Waals surface area contributed by atoms with Gasteiger partial charge < -0.3 is 4.42 Å². The highest BCUT2D eigenvalue weighted by Crippen LogP contribution is 2.55. The Morgan fingerprint density at radius 3 is 2.40 bits per heavy atom. The molecule has 0 aliphatic heterocycles. The number of nitrogens with zero attached hydrogens (tertiary/aromatic N) is 2. The van der Waals surface area contributed by atoms with E-state index in [-0.39, 0.29) is 5.41 Å². The molecule has 0 radical (unpaired) electrons. The van der Waals surface area contributed by atoms with Crippen LogP contribution in [0.3, 0.4) is 0 Å². The van der Waals surface area contributed by atoms with Gasteiger partial charge in [-0.3, -0.25) is 0 Å². The van der Waals surface area contributed by atoms with Crippen molar-refractivity contribution in [2.45, 2.75) is 50.6 Å². The van der Waals surface area contributed by atoms with Crippen LogP contribution in [-0.4, -0.2) is 16.2 Å². The number of rotatable bonds is 3. The van der Waals surface area contributed by atoms with E-state index in [1.165, 1.54) is 36.6 Å². The van der Waals surface area contributed by atoms with Crippen LogP contribution in [-0.2, 0) is 5.41 Å². The minimum Gasteiger partial charge on any atom is -0.438 e. The van der Waals surface area contributed by atoms with Crippen LogP contribution < -0.4 is 0 Å². The zero-order valence-corrected chi connectivity index (χ0v) is 16.1. The van der Waals surface area contributed by atoms with Gasteiger partial charge in [0.2, 0.25) is 5.71 Å². The van der Waals surface area contributed by atoms with Gasteiger partial charge in [0.05, 0.1) is 5.39 Å². The molecule has 1 fully saturated rings. The summed E-state index contributed by atoms with van der Waals surface area (Å²) in [7, 11) is 0. The molecule has 0 spiro atoms. The first-order valence-electron chi connectivity index (χ1n) is 8.84. The fraction of sp³-hybridized carbons (Fsp3) is 0.429. The van der Waals surface area contributed by atoms with E-state index in [1.807, 2.05) is 18.5 Å². The normalized spacial score (nSPS) is 16.8. The number of hydrogen-bond acceptors (Lipinski definition) is 4. The Labute approximate surface area is 153 Å². The maximum Gasteiger partial charge on any atom is 0.230 e. The highest BCUT2D eigenvalue weighted by molar-refractivity contribution is 7.98. The van der Waals surface area contributed by atoms with Gasteiger partial charge in [-0.25, -0.2) is 4.98 Å². The van der Waals surface area contributed by atoms with E-state index in [2.05, 4.69) is 55.0 Å². The summed E-state index contributed by atoms with van der Waals surface area (Å²) in [6.07, 6.45) is 7.70. The second-order valence-corrected chi connectivity index (χ2v) is 8.76. The third kappa shape index (κ3) is 2.67. The number of benzene rings is 1. The van der Waals surface area contributed by atoms with E-state index in [9.17, 15) is 0 Å². The Hall–Kier alpha value is -1.81. The molecule has 2 aromatic heterocycles. The smallest absolute Gasteiger partial charge is 0.230 e. The summed E-state index contributed by atoms with van der Waals surface area (Å²) >= 11 is 1.52. The third-order valence-corrected chi connectivity index (χ3v) is 6.36. The number of thioether (sulfide) groups is 1. The van der Waals surface area contributed by atoms with Crippen molar-refractivity contribution in [3.8, 4) is 11.3 Å². The van der Waals surface area contributed by atoms with Crippen molar-refractivity contribution in [1.82, 2.24) is 9.97 Å². The lowest BCUT2D eigenvalue weighted by Crippen LogP contribution is -2.45. The van der Waals surface area contributed by atoms with Crippen molar-refractivity contribution in [3.05, 3.63) is 42.1 Å². The van der Waals surface area contributed by atoms with Gasteiger partial charge in [-0.2, -0.15) is 4.98 Å². The first kappa shape index (κ1) is 16.6. The number of furan rings is 1. The summed E-state index contributed by atoms with van der Waals surface area (Å²) < 4.78 is 5.97. The highest BCUT2D eigenvalue weighted by atomic mass is 32.2. The lowest BCUT2D eigenvalue weighted by atomic mass is 9.52. The Bertz CT molecular complexity index is 902. The van der Waals surface area contributed by atoms with Crippen LogP contribution in [0.2, 0.25) is 0 Å². The molecule has 130 valence electrons. The van der Waals surface area contributed by atoms with Crippen molar-refractivity contribution in [2.24, 2.45) is 5.41 Å². The maximum absolute atomic E-state index is 5.97. The number of aromatic nitrogens is 2. The second kappa shape index (κ2) is 5.87. The lowest BCUT2D eigenvalue weighted by Gasteiger charge is -2.52. The zero-order valence-electron chi connectivity index (χ0n) is 15.3. The van der Waals surface area contributed by atoms with Crippen molar-refractivity contribution >= 4 is 22.9 Å². The van der Waals surface area contributed by atoms with Gasteiger partial charge in [0.15, 0.2) is 5.16 Å². The molecule has 4 heteroatoms. The van der Waals surface area contributed by atoms with Crippen LogP contribution in [0.1, 0.15) is 45.6 Å². The van der Waals surface area contributed by atoms with Crippen LogP contribution in [0.5, 0.6) is 0 Å². The van der Waals surface area contributed by atoms with E-state index in [4.69, 9.17) is 4.42 Å². The third-order valence-electron chi connectivity index (χ3n) is 5.80. The Kier molecular flexibility index (Phi) is 3.91. The second-order valence-electron chi connectivity index (χ2n) is 7.99.